The minimum absolute atomic E-state index is 0.662. The van der Waals surface area contributed by atoms with Crippen LogP contribution < -0.4 is 14.2 Å². The van der Waals surface area contributed by atoms with Gasteiger partial charge in [0, 0.05) is 49.7 Å². The molecule has 1 fully saturated rings. The van der Waals surface area contributed by atoms with E-state index >= 15 is 0 Å². The van der Waals surface area contributed by atoms with Gasteiger partial charge in [-0.1, -0.05) is 18.2 Å². The van der Waals surface area contributed by atoms with Gasteiger partial charge >= 0.3 is 0 Å². The van der Waals surface area contributed by atoms with E-state index in [1.54, 1.807) is 33.1 Å². The lowest BCUT2D eigenvalue weighted by Gasteiger charge is -2.35. The smallest absolute Gasteiger partial charge is 0.203 e. The zero-order valence-corrected chi connectivity index (χ0v) is 18.1. The first-order valence-electron chi connectivity index (χ1n) is 9.54. The number of hydrogen-bond acceptors (Lipinski definition) is 6. The molecule has 1 aliphatic heterocycles. The quantitative estimate of drug-likeness (QED) is 0.626. The van der Waals surface area contributed by atoms with E-state index in [-0.39, 0.29) is 0 Å². The molecule has 0 saturated carbocycles. The lowest BCUT2D eigenvalue weighted by molar-refractivity contribution is 0.121. The van der Waals surface area contributed by atoms with Gasteiger partial charge in [0.1, 0.15) is 0 Å². The Hall–Kier alpha value is -1.89. The predicted octanol–water partition coefficient (Wildman–Crippen LogP) is 3.75. The first-order chi connectivity index (χ1) is 13.7. The molecule has 6 heteroatoms. The van der Waals surface area contributed by atoms with E-state index in [2.05, 4.69) is 46.4 Å². The van der Waals surface area contributed by atoms with Crippen LogP contribution in [0.4, 0.5) is 0 Å². The number of nitrogens with zero attached hydrogens (tertiary/aromatic N) is 2. The summed E-state index contributed by atoms with van der Waals surface area (Å²) in [7, 11) is 4.97. The van der Waals surface area contributed by atoms with Gasteiger partial charge in [0.25, 0.3) is 0 Å². The first kappa shape index (κ1) is 20.8. The molecule has 0 amide bonds. The van der Waals surface area contributed by atoms with Gasteiger partial charge < -0.3 is 14.2 Å². The molecule has 0 spiro atoms. The molecule has 3 rings (SSSR count). The Balaban J connectivity index is 1.58. The second-order valence-electron chi connectivity index (χ2n) is 6.89. The van der Waals surface area contributed by atoms with Gasteiger partial charge in [0.15, 0.2) is 11.5 Å². The summed E-state index contributed by atoms with van der Waals surface area (Å²) >= 11 is 1.79. The number of ether oxygens (including phenoxy) is 3. The molecule has 5 nitrogen and oxygen atoms in total. The molecule has 0 aliphatic carbocycles. The number of rotatable bonds is 8. The van der Waals surface area contributed by atoms with Crippen molar-refractivity contribution >= 4 is 11.8 Å². The van der Waals surface area contributed by atoms with Crippen molar-refractivity contribution in [2.24, 2.45) is 0 Å². The molecular formula is C22H30N2O3S. The number of piperazine rings is 1. The Bertz CT molecular complexity index is 759. The van der Waals surface area contributed by atoms with Crippen LogP contribution in [-0.4, -0.2) is 63.6 Å². The van der Waals surface area contributed by atoms with E-state index in [1.165, 1.54) is 10.5 Å². The van der Waals surface area contributed by atoms with Crippen molar-refractivity contribution in [2.45, 2.75) is 18.0 Å². The van der Waals surface area contributed by atoms with Gasteiger partial charge in [-0.25, -0.2) is 0 Å². The number of thioether (sulfide) groups is 1. The molecule has 0 radical (unpaired) electrons. The lowest BCUT2D eigenvalue weighted by atomic mass is 10.1. The van der Waals surface area contributed by atoms with Gasteiger partial charge in [-0.3, -0.25) is 9.80 Å². The molecule has 1 saturated heterocycles. The van der Waals surface area contributed by atoms with E-state index in [9.17, 15) is 0 Å². The molecule has 0 atom stereocenters. The summed E-state index contributed by atoms with van der Waals surface area (Å²) in [5.41, 5.74) is 2.51. The van der Waals surface area contributed by atoms with Gasteiger partial charge in [0.05, 0.1) is 21.3 Å². The van der Waals surface area contributed by atoms with E-state index in [4.69, 9.17) is 14.2 Å². The van der Waals surface area contributed by atoms with Crippen LogP contribution in [0.25, 0.3) is 0 Å². The van der Waals surface area contributed by atoms with Crippen LogP contribution in [0, 0.1) is 0 Å². The molecule has 0 aromatic heterocycles. The van der Waals surface area contributed by atoms with Crippen LogP contribution in [-0.2, 0) is 13.1 Å². The fourth-order valence-electron chi connectivity index (χ4n) is 3.62. The highest BCUT2D eigenvalue weighted by atomic mass is 32.2. The van der Waals surface area contributed by atoms with Crippen molar-refractivity contribution in [3.8, 4) is 17.2 Å². The molecule has 0 unspecified atom stereocenters. The number of hydrogen-bond donors (Lipinski definition) is 0. The van der Waals surface area contributed by atoms with Crippen LogP contribution in [0.3, 0.4) is 0 Å². The topological polar surface area (TPSA) is 34.2 Å². The molecule has 152 valence electrons. The van der Waals surface area contributed by atoms with Crippen molar-refractivity contribution < 1.29 is 14.2 Å². The van der Waals surface area contributed by atoms with Crippen molar-refractivity contribution in [1.29, 1.82) is 0 Å². The summed E-state index contributed by atoms with van der Waals surface area (Å²) in [5.74, 6) is 2.12. The zero-order valence-electron chi connectivity index (χ0n) is 17.2. The second kappa shape index (κ2) is 10.0. The standard InChI is InChI=1S/C22H30N2O3S/c1-25-20-10-7-18(21(26-2)22(20)27-3)16-24-13-11-23(12-14-24)15-17-5-8-19(28-4)9-6-17/h5-10H,11-16H2,1-4H3. The monoisotopic (exact) mass is 402 g/mol. The Kier molecular flexibility index (Phi) is 7.48. The Labute approximate surface area is 172 Å². The zero-order chi connectivity index (χ0) is 19.9. The van der Waals surface area contributed by atoms with Crippen molar-refractivity contribution in [3.05, 3.63) is 47.5 Å². The van der Waals surface area contributed by atoms with E-state index in [1.807, 2.05) is 6.07 Å². The second-order valence-corrected chi connectivity index (χ2v) is 7.77. The SMILES string of the molecule is COc1ccc(CN2CCN(Cc3ccc(SC)cc3)CC2)c(OC)c1OC. The fourth-order valence-corrected chi connectivity index (χ4v) is 4.03. The average molecular weight is 403 g/mol. The van der Waals surface area contributed by atoms with Crippen LogP contribution >= 0.6 is 11.8 Å². The van der Waals surface area contributed by atoms with E-state index < -0.39 is 0 Å². The van der Waals surface area contributed by atoms with Crippen LogP contribution in [0.1, 0.15) is 11.1 Å². The third-order valence-electron chi connectivity index (χ3n) is 5.21. The van der Waals surface area contributed by atoms with Crippen LogP contribution in [0.15, 0.2) is 41.3 Å². The fraction of sp³-hybridized carbons (Fsp3) is 0.455. The first-order valence-corrected chi connectivity index (χ1v) is 10.8. The molecule has 0 N–H and O–H groups in total. The normalized spacial score (nSPS) is 15.4. The van der Waals surface area contributed by atoms with Crippen LogP contribution in [0.2, 0.25) is 0 Å². The van der Waals surface area contributed by atoms with Crippen molar-refractivity contribution in [3.63, 3.8) is 0 Å². The minimum Gasteiger partial charge on any atom is -0.493 e. The number of benzene rings is 2. The summed E-state index contributed by atoms with van der Waals surface area (Å²) in [4.78, 5) is 6.31. The summed E-state index contributed by atoms with van der Waals surface area (Å²) < 4.78 is 16.5. The summed E-state index contributed by atoms with van der Waals surface area (Å²) in [6.45, 7) is 6.09. The Morgan fingerprint density at radius 1 is 0.750 bits per heavy atom. The summed E-state index contributed by atoms with van der Waals surface area (Å²) in [5, 5.41) is 0. The van der Waals surface area contributed by atoms with Gasteiger partial charge in [-0.2, -0.15) is 0 Å². The van der Waals surface area contributed by atoms with Crippen molar-refractivity contribution in [2.75, 3.05) is 53.8 Å². The predicted molar refractivity (Wildman–Crippen MR) is 115 cm³/mol. The van der Waals surface area contributed by atoms with Gasteiger partial charge in [-0.05, 0) is 30.0 Å². The van der Waals surface area contributed by atoms with Crippen molar-refractivity contribution in [1.82, 2.24) is 9.80 Å². The molecule has 1 heterocycles. The molecule has 2 aromatic rings. The van der Waals surface area contributed by atoms with Crippen LogP contribution in [0.5, 0.6) is 17.2 Å². The highest BCUT2D eigenvalue weighted by Gasteiger charge is 2.21. The van der Waals surface area contributed by atoms with Gasteiger partial charge in [0.2, 0.25) is 5.75 Å². The molecule has 1 aliphatic rings. The maximum absolute atomic E-state index is 5.63. The largest absolute Gasteiger partial charge is 0.493 e. The van der Waals surface area contributed by atoms with E-state index in [0.29, 0.717) is 11.5 Å². The molecular weight excluding hydrogens is 372 g/mol. The maximum Gasteiger partial charge on any atom is 0.203 e. The highest BCUT2D eigenvalue weighted by Crippen LogP contribution is 2.40. The maximum atomic E-state index is 5.63. The minimum atomic E-state index is 0.662. The molecule has 2 aromatic carbocycles. The molecule has 28 heavy (non-hydrogen) atoms. The summed E-state index contributed by atoms with van der Waals surface area (Å²) in [6, 6.07) is 12.9. The summed E-state index contributed by atoms with van der Waals surface area (Å²) in [6.07, 6.45) is 2.11. The third-order valence-corrected chi connectivity index (χ3v) is 5.95. The third kappa shape index (κ3) is 4.93. The highest BCUT2D eigenvalue weighted by molar-refractivity contribution is 7.98. The Morgan fingerprint density at radius 3 is 1.89 bits per heavy atom. The lowest BCUT2D eigenvalue weighted by Crippen LogP contribution is -2.45. The van der Waals surface area contributed by atoms with E-state index in [0.717, 1.165) is 50.6 Å². The molecule has 0 bridgehead atoms. The number of methoxy groups -OCH3 is 3. The average Bonchev–Trinajstić information content (AvgIpc) is 2.75. The van der Waals surface area contributed by atoms with Gasteiger partial charge in [-0.15, -0.1) is 11.8 Å². The Morgan fingerprint density at radius 2 is 1.36 bits per heavy atom.